The Kier molecular flexibility index (Phi) is 2.94. The fourth-order valence-electron chi connectivity index (χ4n) is 2.12. The number of carbonyl (C=O) groups excluding carboxylic acids is 1. The van der Waals surface area contributed by atoms with Crippen LogP contribution in [-0.4, -0.2) is 11.4 Å². The summed E-state index contributed by atoms with van der Waals surface area (Å²) in [6.45, 7) is 0. The Bertz CT molecular complexity index is 723. The number of hydrogen-bond acceptors (Lipinski definition) is 2. The number of para-hydroxylation sites is 1. The maximum atomic E-state index is 10.7. The van der Waals surface area contributed by atoms with E-state index in [4.69, 9.17) is 0 Å². The van der Waals surface area contributed by atoms with Crippen LogP contribution in [0.3, 0.4) is 0 Å². The second-order valence-electron chi connectivity index (χ2n) is 4.20. The molecule has 0 aliphatic carbocycles. The van der Waals surface area contributed by atoms with E-state index in [9.17, 15) is 4.79 Å². The molecule has 2 aromatic carbocycles. The van der Waals surface area contributed by atoms with Gasteiger partial charge in [0.15, 0.2) is 0 Å². The Morgan fingerprint density at radius 1 is 0.947 bits per heavy atom. The average Bonchev–Trinajstić information content (AvgIpc) is 2.48. The Morgan fingerprint density at radius 2 is 1.68 bits per heavy atom. The van der Waals surface area contributed by atoms with Crippen LogP contribution < -0.4 is 5.32 Å². The van der Waals surface area contributed by atoms with Crippen LogP contribution in [0.15, 0.2) is 60.7 Å². The minimum Gasteiger partial charge on any atom is -0.328 e. The van der Waals surface area contributed by atoms with E-state index < -0.39 is 0 Å². The second-order valence-corrected chi connectivity index (χ2v) is 4.20. The lowest BCUT2D eigenvalue weighted by Gasteiger charge is -2.08. The van der Waals surface area contributed by atoms with Gasteiger partial charge in [-0.1, -0.05) is 48.5 Å². The van der Waals surface area contributed by atoms with Crippen molar-refractivity contribution in [3.63, 3.8) is 0 Å². The fourth-order valence-corrected chi connectivity index (χ4v) is 2.12. The van der Waals surface area contributed by atoms with Crippen molar-refractivity contribution in [1.29, 1.82) is 0 Å². The van der Waals surface area contributed by atoms with Crippen molar-refractivity contribution in [2.45, 2.75) is 0 Å². The van der Waals surface area contributed by atoms with Crippen molar-refractivity contribution in [3.05, 3.63) is 60.7 Å². The lowest BCUT2D eigenvalue weighted by molar-refractivity contribution is -0.105. The largest absolute Gasteiger partial charge is 0.328 e. The van der Waals surface area contributed by atoms with Crippen LogP contribution in [0.4, 0.5) is 5.69 Å². The van der Waals surface area contributed by atoms with Crippen molar-refractivity contribution in [1.82, 2.24) is 4.98 Å². The number of benzene rings is 2. The first kappa shape index (κ1) is 11.4. The molecule has 3 nitrogen and oxygen atoms in total. The molecule has 19 heavy (non-hydrogen) atoms. The maximum absolute atomic E-state index is 10.7. The van der Waals surface area contributed by atoms with Gasteiger partial charge in [-0.05, 0) is 12.1 Å². The molecule has 0 atom stereocenters. The van der Waals surface area contributed by atoms with Crippen LogP contribution in [0.2, 0.25) is 0 Å². The molecule has 0 saturated heterocycles. The van der Waals surface area contributed by atoms with Gasteiger partial charge >= 0.3 is 0 Å². The predicted octanol–water partition coefficient (Wildman–Crippen LogP) is 3.47. The molecule has 1 aromatic heterocycles. The summed E-state index contributed by atoms with van der Waals surface area (Å²) in [5.41, 5.74) is 3.53. The van der Waals surface area contributed by atoms with Crippen LogP contribution in [0.5, 0.6) is 0 Å². The average molecular weight is 248 g/mol. The number of aromatic nitrogens is 1. The predicted molar refractivity (Wildman–Crippen MR) is 76.9 cm³/mol. The number of carbonyl (C=O) groups is 1. The van der Waals surface area contributed by atoms with Crippen LogP contribution in [-0.2, 0) is 4.79 Å². The number of fused-ring (bicyclic) bond motifs is 1. The molecule has 0 spiro atoms. The van der Waals surface area contributed by atoms with E-state index in [-0.39, 0.29) is 0 Å². The van der Waals surface area contributed by atoms with Gasteiger partial charge in [-0.2, -0.15) is 0 Å². The van der Waals surface area contributed by atoms with Gasteiger partial charge in [0.1, 0.15) is 0 Å². The summed E-state index contributed by atoms with van der Waals surface area (Å²) in [4.78, 5) is 15.4. The van der Waals surface area contributed by atoms with E-state index >= 15 is 0 Å². The van der Waals surface area contributed by atoms with Crippen molar-refractivity contribution in [3.8, 4) is 11.3 Å². The van der Waals surface area contributed by atoms with Gasteiger partial charge in [-0.15, -0.1) is 0 Å². The minimum absolute atomic E-state index is 0.691. The molecule has 0 radical (unpaired) electrons. The molecule has 0 aliphatic heterocycles. The highest BCUT2D eigenvalue weighted by molar-refractivity contribution is 5.97. The molecule has 3 aromatic rings. The third kappa shape index (κ3) is 2.18. The van der Waals surface area contributed by atoms with Crippen LogP contribution >= 0.6 is 0 Å². The van der Waals surface area contributed by atoms with E-state index in [1.807, 2.05) is 60.7 Å². The third-order valence-electron chi connectivity index (χ3n) is 3.00. The Labute approximate surface area is 110 Å². The molecule has 0 fully saturated rings. The highest BCUT2D eigenvalue weighted by Gasteiger charge is 2.06. The summed E-state index contributed by atoms with van der Waals surface area (Å²) < 4.78 is 0. The molecule has 0 bridgehead atoms. The molecule has 1 amide bonds. The smallest absolute Gasteiger partial charge is 0.211 e. The molecule has 0 aliphatic rings. The zero-order valence-electron chi connectivity index (χ0n) is 10.2. The number of nitrogens with one attached hydrogen (secondary N) is 1. The lowest BCUT2D eigenvalue weighted by atomic mass is 10.1. The maximum Gasteiger partial charge on any atom is 0.211 e. The van der Waals surface area contributed by atoms with Crippen molar-refractivity contribution in [2.24, 2.45) is 0 Å². The van der Waals surface area contributed by atoms with Gasteiger partial charge in [0, 0.05) is 10.9 Å². The van der Waals surface area contributed by atoms with Crippen molar-refractivity contribution >= 4 is 23.0 Å². The third-order valence-corrected chi connectivity index (χ3v) is 3.00. The van der Waals surface area contributed by atoms with Crippen LogP contribution in [0, 0.1) is 0 Å². The zero-order chi connectivity index (χ0) is 13.1. The number of rotatable bonds is 3. The quantitative estimate of drug-likeness (QED) is 0.721. The molecular formula is C16H12N2O. The molecular weight excluding hydrogens is 236 g/mol. The topological polar surface area (TPSA) is 42.0 Å². The highest BCUT2D eigenvalue weighted by Crippen LogP contribution is 2.27. The first-order valence-corrected chi connectivity index (χ1v) is 6.04. The molecule has 3 rings (SSSR count). The second kappa shape index (κ2) is 4.90. The first-order chi connectivity index (χ1) is 9.38. The van der Waals surface area contributed by atoms with E-state index in [0.29, 0.717) is 6.41 Å². The van der Waals surface area contributed by atoms with E-state index in [0.717, 1.165) is 27.8 Å². The van der Waals surface area contributed by atoms with Gasteiger partial charge < -0.3 is 5.32 Å². The standard InChI is InChI=1S/C16H12N2O/c19-11-17-16-10-15(12-6-2-1-3-7-12)18-14-9-5-4-8-13(14)16/h1-11H,(H,17,18,19). The van der Waals surface area contributed by atoms with Gasteiger partial charge in [0.25, 0.3) is 0 Å². The number of pyridine rings is 1. The van der Waals surface area contributed by atoms with Gasteiger partial charge in [0.2, 0.25) is 6.41 Å². The lowest BCUT2D eigenvalue weighted by Crippen LogP contribution is -1.97. The van der Waals surface area contributed by atoms with Crippen molar-refractivity contribution in [2.75, 3.05) is 5.32 Å². The Hall–Kier alpha value is -2.68. The highest BCUT2D eigenvalue weighted by atomic mass is 16.1. The number of hydrogen-bond donors (Lipinski definition) is 1. The van der Waals surface area contributed by atoms with Gasteiger partial charge in [-0.25, -0.2) is 4.98 Å². The SMILES string of the molecule is O=CNc1cc(-c2ccccc2)nc2ccccc12. The minimum atomic E-state index is 0.691. The molecule has 92 valence electrons. The van der Waals surface area contributed by atoms with E-state index in [1.54, 1.807) is 0 Å². The summed E-state index contributed by atoms with van der Waals surface area (Å²) in [6.07, 6.45) is 0.691. The van der Waals surface area contributed by atoms with E-state index in [2.05, 4.69) is 10.3 Å². The van der Waals surface area contributed by atoms with Crippen molar-refractivity contribution < 1.29 is 4.79 Å². The summed E-state index contributed by atoms with van der Waals surface area (Å²) >= 11 is 0. The first-order valence-electron chi connectivity index (χ1n) is 6.04. The summed E-state index contributed by atoms with van der Waals surface area (Å²) in [6, 6.07) is 19.6. The van der Waals surface area contributed by atoms with Crippen LogP contribution in [0.25, 0.3) is 22.2 Å². The van der Waals surface area contributed by atoms with Gasteiger partial charge in [-0.3, -0.25) is 4.79 Å². The zero-order valence-corrected chi connectivity index (χ0v) is 10.2. The number of nitrogens with zero attached hydrogens (tertiary/aromatic N) is 1. The number of anilines is 1. The molecule has 0 saturated carbocycles. The molecule has 1 heterocycles. The fraction of sp³-hybridized carbons (Fsp3) is 0. The van der Waals surface area contributed by atoms with Crippen LogP contribution in [0.1, 0.15) is 0 Å². The Morgan fingerprint density at radius 3 is 2.47 bits per heavy atom. The normalized spacial score (nSPS) is 10.3. The Balaban J connectivity index is 2.24. The number of amides is 1. The monoisotopic (exact) mass is 248 g/mol. The molecule has 0 unspecified atom stereocenters. The molecule has 1 N–H and O–H groups in total. The summed E-state index contributed by atoms with van der Waals surface area (Å²) in [7, 11) is 0. The van der Waals surface area contributed by atoms with E-state index in [1.165, 1.54) is 0 Å². The van der Waals surface area contributed by atoms with Gasteiger partial charge in [0.05, 0.1) is 16.9 Å². The summed E-state index contributed by atoms with van der Waals surface area (Å²) in [5, 5.41) is 3.68. The summed E-state index contributed by atoms with van der Waals surface area (Å²) in [5.74, 6) is 0. The molecule has 3 heteroatoms.